The maximum absolute atomic E-state index is 10.6. The first-order valence-electron chi connectivity index (χ1n) is 7.29. The Hall–Kier alpha value is -1.46. The van der Waals surface area contributed by atoms with Crippen molar-refractivity contribution in [2.24, 2.45) is 5.73 Å². The van der Waals surface area contributed by atoms with Crippen LogP contribution in [0.2, 0.25) is 0 Å². The van der Waals surface area contributed by atoms with Gasteiger partial charge in [-0.25, -0.2) is 0 Å². The average Bonchev–Trinajstić information content (AvgIpc) is 2.46. The van der Waals surface area contributed by atoms with Crippen molar-refractivity contribution < 1.29 is 9.90 Å². The van der Waals surface area contributed by atoms with Gasteiger partial charge in [-0.05, 0) is 38.2 Å². The Kier molecular flexibility index (Phi) is 7.93. The van der Waals surface area contributed by atoms with Crippen molar-refractivity contribution >= 4 is 23.2 Å². The zero-order chi connectivity index (χ0) is 15.7. The molecule has 0 amide bonds. The fourth-order valence-electron chi connectivity index (χ4n) is 1.94. The van der Waals surface area contributed by atoms with Crippen LogP contribution in [0.5, 0.6) is 0 Å². The molecular weight excluding hydrogens is 284 g/mol. The molecule has 4 N–H and O–H groups in total. The quantitative estimate of drug-likeness (QED) is 0.482. The molecule has 1 aromatic rings. The van der Waals surface area contributed by atoms with Gasteiger partial charge in [0.25, 0.3) is 0 Å². The van der Waals surface area contributed by atoms with Gasteiger partial charge in [0.05, 0.1) is 4.99 Å². The molecule has 0 fully saturated rings. The summed E-state index contributed by atoms with van der Waals surface area (Å²) in [4.78, 5) is 11.4. The predicted molar refractivity (Wildman–Crippen MR) is 89.6 cm³/mol. The third kappa shape index (κ3) is 7.78. The highest BCUT2D eigenvalue weighted by Gasteiger charge is 2.09. The number of nitrogens with one attached hydrogen (secondary N) is 1. The molecule has 116 valence electrons. The molecule has 0 aliphatic heterocycles. The fraction of sp³-hybridized carbons (Fsp3) is 0.500. The Balaban J connectivity index is 2.09. The van der Waals surface area contributed by atoms with Gasteiger partial charge in [0.15, 0.2) is 0 Å². The highest BCUT2D eigenvalue weighted by atomic mass is 32.1. The van der Waals surface area contributed by atoms with Crippen LogP contribution in [-0.4, -0.2) is 28.7 Å². The van der Waals surface area contributed by atoms with E-state index < -0.39 is 12.0 Å². The zero-order valence-corrected chi connectivity index (χ0v) is 13.3. The van der Waals surface area contributed by atoms with Gasteiger partial charge >= 0.3 is 5.97 Å². The second-order valence-corrected chi connectivity index (χ2v) is 5.77. The van der Waals surface area contributed by atoms with Gasteiger partial charge in [-0.1, -0.05) is 42.0 Å². The first-order chi connectivity index (χ1) is 9.99. The summed E-state index contributed by atoms with van der Waals surface area (Å²) in [7, 11) is 0. The molecule has 0 aliphatic carbocycles. The van der Waals surface area contributed by atoms with Crippen molar-refractivity contribution in [2.75, 3.05) is 6.54 Å². The lowest BCUT2D eigenvalue weighted by molar-refractivity contribution is -0.138. The second kappa shape index (κ2) is 9.47. The Morgan fingerprint density at radius 1 is 1.33 bits per heavy atom. The van der Waals surface area contributed by atoms with Crippen molar-refractivity contribution in [2.45, 2.75) is 45.1 Å². The Bertz CT molecular complexity index is 460. The highest BCUT2D eigenvalue weighted by Crippen LogP contribution is 2.06. The molecule has 1 unspecified atom stereocenters. The minimum absolute atomic E-state index is 0.507. The van der Waals surface area contributed by atoms with Crippen LogP contribution in [0.15, 0.2) is 24.3 Å². The number of aliphatic carboxylic acids is 1. The molecule has 0 heterocycles. The van der Waals surface area contributed by atoms with Crippen LogP contribution < -0.4 is 11.1 Å². The number of carboxylic acid groups (broad SMARTS) is 1. The van der Waals surface area contributed by atoms with Crippen LogP contribution in [0.25, 0.3) is 0 Å². The second-order valence-electron chi connectivity index (χ2n) is 5.28. The molecule has 4 nitrogen and oxygen atoms in total. The number of aryl methyl sites for hydroxylation is 2. The Morgan fingerprint density at radius 2 is 2.00 bits per heavy atom. The molecular formula is C16H24N2O2S. The van der Waals surface area contributed by atoms with Crippen LogP contribution in [0.1, 0.15) is 36.8 Å². The molecule has 0 bridgehead atoms. The topological polar surface area (TPSA) is 75.3 Å². The summed E-state index contributed by atoms with van der Waals surface area (Å²) >= 11 is 5.29. The van der Waals surface area contributed by atoms with E-state index in [1.807, 2.05) is 0 Å². The van der Waals surface area contributed by atoms with Crippen LogP contribution in [-0.2, 0) is 11.2 Å². The van der Waals surface area contributed by atoms with Crippen LogP contribution in [0, 0.1) is 6.92 Å². The van der Waals surface area contributed by atoms with Gasteiger partial charge in [0.2, 0.25) is 0 Å². The smallest absolute Gasteiger partial charge is 0.320 e. The summed E-state index contributed by atoms with van der Waals surface area (Å²) in [6.45, 7) is 2.85. The number of carbonyl (C=O) groups is 1. The van der Waals surface area contributed by atoms with Gasteiger partial charge in [-0.3, -0.25) is 4.79 Å². The molecule has 0 saturated carbocycles. The standard InChI is InChI=1S/C16H24N2O2S/c1-12-5-7-13(8-6-12)9-10-15(21)18-11-3-2-4-14(17)16(19)20/h5-8,14H,2-4,9-11,17H2,1H3,(H,18,21)(H,19,20). The van der Waals surface area contributed by atoms with Crippen LogP contribution in [0.3, 0.4) is 0 Å². The molecule has 1 aromatic carbocycles. The number of carboxylic acids is 1. The molecule has 0 aliphatic rings. The number of benzene rings is 1. The van der Waals surface area contributed by atoms with Gasteiger partial charge in [0.1, 0.15) is 6.04 Å². The number of nitrogens with two attached hydrogens (primary N) is 1. The number of hydrogen-bond donors (Lipinski definition) is 3. The van der Waals surface area contributed by atoms with Crippen molar-refractivity contribution in [1.82, 2.24) is 5.32 Å². The van der Waals surface area contributed by atoms with Crippen molar-refractivity contribution in [3.05, 3.63) is 35.4 Å². The molecule has 0 spiro atoms. The van der Waals surface area contributed by atoms with E-state index in [4.69, 9.17) is 23.1 Å². The van der Waals surface area contributed by atoms with Gasteiger partial charge < -0.3 is 16.2 Å². The first kappa shape index (κ1) is 17.6. The van der Waals surface area contributed by atoms with E-state index in [9.17, 15) is 4.79 Å². The van der Waals surface area contributed by atoms with Crippen LogP contribution in [0.4, 0.5) is 0 Å². The molecule has 1 rings (SSSR count). The largest absolute Gasteiger partial charge is 0.480 e. The van der Waals surface area contributed by atoms with E-state index in [1.54, 1.807) is 0 Å². The van der Waals surface area contributed by atoms with E-state index >= 15 is 0 Å². The number of unbranched alkanes of at least 4 members (excludes halogenated alkanes) is 1. The highest BCUT2D eigenvalue weighted by molar-refractivity contribution is 7.80. The lowest BCUT2D eigenvalue weighted by atomic mass is 10.1. The minimum atomic E-state index is -0.934. The zero-order valence-electron chi connectivity index (χ0n) is 12.5. The summed E-state index contributed by atoms with van der Waals surface area (Å²) in [6, 6.07) is 7.73. The van der Waals surface area contributed by atoms with Crippen molar-refractivity contribution in [1.29, 1.82) is 0 Å². The average molecular weight is 308 g/mol. The van der Waals surface area contributed by atoms with E-state index in [-0.39, 0.29) is 0 Å². The number of hydrogen-bond acceptors (Lipinski definition) is 3. The minimum Gasteiger partial charge on any atom is -0.480 e. The summed E-state index contributed by atoms with van der Waals surface area (Å²) in [5.41, 5.74) is 7.99. The summed E-state index contributed by atoms with van der Waals surface area (Å²) in [5.74, 6) is -0.934. The Morgan fingerprint density at radius 3 is 2.62 bits per heavy atom. The SMILES string of the molecule is Cc1ccc(CCC(=S)NCCCCC(N)C(=O)O)cc1. The number of thiocarbonyl (C=S) groups is 1. The first-order valence-corrected chi connectivity index (χ1v) is 7.70. The van der Waals surface area contributed by atoms with Crippen LogP contribution >= 0.6 is 12.2 Å². The van der Waals surface area contributed by atoms with E-state index in [0.717, 1.165) is 37.2 Å². The maximum Gasteiger partial charge on any atom is 0.320 e. The van der Waals surface area contributed by atoms with Crippen molar-refractivity contribution in [3.8, 4) is 0 Å². The predicted octanol–water partition coefficient (Wildman–Crippen LogP) is 2.43. The third-order valence-electron chi connectivity index (χ3n) is 3.34. The molecule has 5 heteroatoms. The molecule has 21 heavy (non-hydrogen) atoms. The molecule has 0 aromatic heterocycles. The molecule has 0 radical (unpaired) electrons. The normalized spacial score (nSPS) is 11.9. The monoisotopic (exact) mass is 308 g/mol. The Labute approximate surface area is 131 Å². The third-order valence-corrected chi connectivity index (χ3v) is 3.69. The molecule has 1 atom stereocenters. The summed E-state index contributed by atoms with van der Waals surface area (Å²) in [6.07, 6.45) is 3.96. The van der Waals surface area contributed by atoms with Crippen molar-refractivity contribution in [3.63, 3.8) is 0 Å². The van der Waals surface area contributed by atoms with E-state index in [0.29, 0.717) is 6.42 Å². The lowest BCUT2D eigenvalue weighted by Gasteiger charge is -2.09. The summed E-state index contributed by atoms with van der Waals surface area (Å²) in [5, 5.41) is 11.9. The lowest BCUT2D eigenvalue weighted by Crippen LogP contribution is -2.30. The summed E-state index contributed by atoms with van der Waals surface area (Å²) < 4.78 is 0. The molecule has 0 saturated heterocycles. The maximum atomic E-state index is 10.6. The number of rotatable bonds is 9. The van der Waals surface area contributed by atoms with Gasteiger partial charge in [0, 0.05) is 13.0 Å². The van der Waals surface area contributed by atoms with Gasteiger partial charge in [-0.2, -0.15) is 0 Å². The van der Waals surface area contributed by atoms with Gasteiger partial charge in [-0.15, -0.1) is 0 Å². The van der Waals surface area contributed by atoms with E-state index in [2.05, 4.69) is 36.5 Å². The van der Waals surface area contributed by atoms with E-state index in [1.165, 1.54) is 11.1 Å². The fourth-order valence-corrected chi connectivity index (χ4v) is 2.15.